The van der Waals surface area contributed by atoms with Gasteiger partial charge in [-0.3, -0.25) is 4.79 Å². The van der Waals surface area contributed by atoms with Crippen molar-refractivity contribution in [1.29, 1.82) is 0 Å². The molecule has 4 rings (SSSR count). The molecule has 158 valence electrons. The Labute approximate surface area is 190 Å². The van der Waals surface area contributed by atoms with E-state index in [2.05, 4.69) is 16.8 Å². The summed E-state index contributed by atoms with van der Waals surface area (Å²) >= 11 is 19.7. The molecule has 8 heteroatoms. The fraction of sp³-hybridized carbons (Fsp3) is 0.364. The highest BCUT2D eigenvalue weighted by Gasteiger charge is 2.27. The lowest BCUT2D eigenvalue weighted by molar-refractivity contribution is -0.118. The molecule has 2 heterocycles. The molecule has 30 heavy (non-hydrogen) atoms. The summed E-state index contributed by atoms with van der Waals surface area (Å²) in [6.45, 7) is 5.71. The number of benzene rings is 2. The number of anilines is 1. The monoisotopic (exact) mass is 464 g/mol. The quantitative estimate of drug-likeness (QED) is 0.474. The highest BCUT2D eigenvalue weighted by Crippen LogP contribution is 2.45. The van der Waals surface area contributed by atoms with E-state index in [1.165, 1.54) is 0 Å². The maximum atomic E-state index is 11.8. The number of nitrogens with zero attached hydrogens (tertiary/aromatic N) is 2. The number of carbonyl (C=O) groups excluding carboxylic acids is 1. The van der Waals surface area contributed by atoms with Crippen LogP contribution in [0, 0.1) is 6.92 Å². The minimum atomic E-state index is -0.330. The van der Waals surface area contributed by atoms with E-state index in [1.54, 1.807) is 6.07 Å². The Bertz CT molecular complexity index is 1130. The fourth-order valence-corrected chi connectivity index (χ4v) is 5.33. The summed E-state index contributed by atoms with van der Waals surface area (Å²) in [4.78, 5) is 16.6. The predicted octanol–water partition coefficient (Wildman–Crippen LogP) is 6.16. The van der Waals surface area contributed by atoms with Crippen molar-refractivity contribution in [2.75, 3.05) is 11.9 Å². The van der Waals surface area contributed by atoms with Crippen LogP contribution in [0.25, 0.3) is 22.2 Å². The van der Waals surface area contributed by atoms with Crippen LogP contribution in [-0.2, 0) is 11.3 Å². The van der Waals surface area contributed by atoms with Gasteiger partial charge in [0.1, 0.15) is 5.52 Å². The van der Waals surface area contributed by atoms with E-state index >= 15 is 0 Å². The number of nitrogens with one attached hydrogen (secondary N) is 1. The number of carbonyl (C=O) groups is 1. The maximum Gasteiger partial charge on any atom is 0.218 e. The third kappa shape index (κ3) is 3.64. The summed E-state index contributed by atoms with van der Waals surface area (Å²) in [5.41, 5.74) is 10.8. The summed E-state index contributed by atoms with van der Waals surface area (Å²) in [5, 5.41) is 4.99. The second kappa shape index (κ2) is 8.29. The first-order chi connectivity index (χ1) is 14.3. The number of nitrogens with two attached hydrogens (primary N) is 1. The summed E-state index contributed by atoms with van der Waals surface area (Å²) in [6, 6.07) is 5.63. The predicted molar refractivity (Wildman–Crippen MR) is 125 cm³/mol. The molecule has 3 aromatic rings. The van der Waals surface area contributed by atoms with E-state index in [1.807, 2.05) is 19.1 Å². The van der Waals surface area contributed by atoms with Crippen LogP contribution >= 0.6 is 34.8 Å². The third-order valence-electron chi connectivity index (χ3n) is 5.73. The van der Waals surface area contributed by atoms with E-state index < -0.39 is 0 Å². The lowest BCUT2D eigenvalue weighted by Gasteiger charge is -2.22. The van der Waals surface area contributed by atoms with Crippen molar-refractivity contribution in [2.24, 2.45) is 5.73 Å². The second-order valence-corrected chi connectivity index (χ2v) is 8.97. The average Bonchev–Trinajstić information content (AvgIpc) is 3.07. The first kappa shape index (κ1) is 21.3. The van der Waals surface area contributed by atoms with E-state index in [0.717, 1.165) is 59.7 Å². The van der Waals surface area contributed by atoms with Crippen molar-refractivity contribution in [3.05, 3.63) is 44.4 Å². The number of hydrogen-bond acceptors (Lipinski definition) is 3. The number of hydrogen-bond donors (Lipinski definition) is 2. The molecule has 0 aliphatic carbocycles. The molecule has 1 aliphatic rings. The molecule has 0 radical (unpaired) electrons. The maximum absolute atomic E-state index is 11.8. The van der Waals surface area contributed by atoms with Crippen LogP contribution in [0.3, 0.4) is 0 Å². The number of halogens is 3. The zero-order valence-corrected chi connectivity index (χ0v) is 19.1. The molecular weight excluding hydrogens is 443 g/mol. The van der Waals surface area contributed by atoms with Crippen LogP contribution in [0.5, 0.6) is 0 Å². The Morgan fingerprint density at radius 3 is 2.73 bits per heavy atom. The molecule has 0 fully saturated rings. The van der Waals surface area contributed by atoms with Gasteiger partial charge in [0.25, 0.3) is 0 Å². The van der Waals surface area contributed by atoms with Crippen molar-refractivity contribution >= 4 is 57.7 Å². The Morgan fingerprint density at radius 1 is 1.30 bits per heavy atom. The van der Waals surface area contributed by atoms with Gasteiger partial charge in [0.15, 0.2) is 0 Å². The van der Waals surface area contributed by atoms with Crippen LogP contribution in [-0.4, -0.2) is 22.0 Å². The molecule has 0 bridgehead atoms. The van der Waals surface area contributed by atoms with Crippen LogP contribution in [0.2, 0.25) is 15.1 Å². The van der Waals surface area contributed by atoms with Gasteiger partial charge in [0, 0.05) is 35.7 Å². The molecule has 0 saturated heterocycles. The zero-order chi connectivity index (χ0) is 21.6. The van der Waals surface area contributed by atoms with Crippen molar-refractivity contribution in [1.82, 2.24) is 9.55 Å². The molecule has 5 nitrogen and oxygen atoms in total. The number of imidazole rings is 1. The lowest BCUT2D eigenvalue weighted by atomic mass is 9.88. The third-order valence-corrected chi connectivity index (χ3v) is 6.63. The number of aromatic nitrogens is 2. The lowest BCUT2D eigenvalue weighted by Crippen LogP contribution is -2.19. The van der Waals surface area contributed by atoms with Gasteiger partial charge in [0.05, 0.1) is 15.6 Å². The van der Waals surface area contributed by atoms with E-state index in [0.29, 0.717) is 20.6 Å². The van der Waals surface area contributed by atoms with Crippen LogP contribution < -0.4 is 11.1 Å². The second-order valence-electron chi connectivity index (χ2n) is 7.75. The van der Waals surface area contributed by atoms with E-state index in [4.69, 9.17) is 45.5 Å². The fourth-order valence-electron chi connectivity index (χ4n) is 4.36. The van der Waals surface area contributed by atoms with Crippen LogP contribution in [0.4, 0.5) is 5.95 Å². The topological polar surface area (TPSA) is 72.9 Å². The number of rotatable bonds is 5. The van der Waals surface area contributed by atoms with Crippen molar-refractivity contribution < 1.29 is 4.79 Å². The van der Waals surface area contributed by atoms with E-state index in [9.17, 15) is 4.79 Å². The van der Waals surface area contributed by atoms with Crippen LogP contribution in [0.15, 0.2) is 18.2 Å². The van der Waals surface area contributed by atoms with Gasteiger partial charge in [-0.1, -0.05) is 41.7 Å². The highest BCUT2D eigenvalue weighted by atomic mass is 35.5. The summed E-state index contributed by atoms with van der Waals surface area (Å²) < 4.78 is 2.16. The molecular formula is C22H23Cl3N4O. The van der Waals surface area contributed by atoms with E-state index in [-0.39, 0.29) is 18.2 Å². The standard InChI is InChI=1S/C22H23Cl3N4O/c1-3-12(8-17(26)30)14-10-15(18-11(2)7-13(23)9-16(18)24)19(25)20-21(14)29-6-4-5-27-22(29)28-20/h7,9-10,12H,3-6,8H2,1-2H3,(H2,26,30)(H,27,28). The van der Waals surface area contributed by atoms with Gasteiger partial charge in [0.2, 0.25) is 11.9 Å². The smallest absolute Gasteiger partial charge is 0.218 e. The molecule has 0 saturated carbocycles. The number of fused-ring (bicyclic) bond motifs is 3. The number of primary amides is 1. The minimum Gasteiger partial charge on any atom is -0.370 e. The molecule has 1 unspecified atom stereocenters. The summed E-state index contributed by atoms with van der Waals surface area (Å²) in [5.74, 6) is 0.420. The van der Waals surface area contributed by atoms with Gasteiger partial charge in [-0.05, 0) is 55.0 Å². The minimum absolute atomic E-state index is 0.0462. The summed E-state index contributed by atoms with van der Waals surface area (Å²) in [6.07, 6.45) is 2.01. The van der Waals surface area contributed by atoms with Crippen molar-refractivity contribution in [2.45, 2.75) is 45.6 Å². The molecule has 1 aromatic heterocycles. The van der Waals surface area contributed by atoms with Crippen LogP contribution in [0.1, 0.15) is 43.2 Å². The highest BCUT2D eigenvalue weighted by molar-refractivity contribution is 6.40. The Kier molecular flexibility index (Phi) is 5.88. The molecule has 1 amide bonds. The van der Waals surface area contributed by atoms with Crippen molar-refractivity contribution in [3.63, 3.8) is 0 Å². The first-order valence-corrected chi connectivity index (χ1v) is 11.2. The Balaban J connectivity index is 2.06. The average molecular weight is 466 g/mol. The molecule has 1 aliphatic heterocycles. The Morgan fingerprint density at radius 2 is 2.07 bits per heavy atom. The number of aryl methyl sites for hydroxylation is 2. The number of amides is 1. The van der Waals surface area contributed by atoms with Gasteiger partial charge >= 0.3 is 0 Å². The Hall–Kier alpha value is -1.95. The SMILES string of the molecule is CCC(CC(N)=O)c1cc(-c2c(C)cc(Cl)cc2Cl)c(Cl)c2nc3n(c12)CCCN3. The van der Waals surface area contributed by atoms with Crippen molar-refractivity contribution in [3.8, 4) is 11.1 Å². The molecule has 1 atom stereocenters. The largest absolute Gasteiger partial charge is 0.370 e. The van der Waals surface area contributed by atoms with Gasteiger partial charge in [-0.15, -0.1) is 0 Å². The zero-order valence-electron chi connectivity index (χ0n) is 16.9. The molecule has 0 spiro atoms. The van der Waals surface area contributed by atoms with Gasteiger partial charge in [-0.2, -0.15) is 0 Å². The summed E-state index contributed by atoms with van der Waals surface area (Å²) in [7, 11) is 0. The first-order valence-electron chi connectivity index (χ1n) is 10.0. The molecule has 3 N–H and O–H groups in total. The molecule has 2 aromatic carbocycles. The normalized spacial score (nSPS) is 14.4. The van der Waals surface area contributed by atoms with Gasteiger partial charge in [-0.25, -0.2) is 4.98 Å². The van der Waals surface area contributed by atoms with Gasteiger partial charge < -0.3 is 15.6 Å².